The molecule has 9 nitrogen and oxygen atoms in total. The Morgan fingerprint density at radius 1 is 1.36 bits per heavy atom. The number of morpholine rings is 1. The molecule has 1 amide bonds. The molecule has 4 N–H and O–H groups in total. The zero-order chi connectivity index (χ0) is 19.8. The first kappa shape index (κ1) is 24.2. The number of nitrogens with zero attached hydrogens (tertiary/aromatic N) is 1. The van der Waals surface area contributed by atoms with E-state index >= 15 is 0 Å². The van der Waals surface area contributed by atoms with Gasteiger partial charge in [0.2, 0.25) is 0 Å². The van der Waals surface area contributed by atoms with Gasteiger partial charge in [-0.25, -0.2) is 4.79 Å². The van der Waals surface area contributed by atoms with Crippen LogP contribution in [0.4, 0.5) is 11.5 Å². The van der Waals surface area contributed by atoms with Gasteiger partial charge >= 0.3 is 5.69 Å². The average Bonchev–Trinajstić information content (AvgIpc) is 2.64. The molecule has 1 unspecified atom stereocenters. The summed E-state index contributed by atoms with van der Waals surface area (Å²) in [6.45, 7) is 8.69. The van der Waals surface area contributed by atoms with Gasteiger partial charge in [0.15, 0.2) is 0 Å². The fourth-order valence-electron chi connectivity index (χ4n) is 2.81. The van der Waals surface area contributed by atoms with E-state index in [-0.39, 0.29) is 29.8 Å². The Bertz CT molecular complexity index is 740. The highest BCUT2D eigenvalue weighted by Gasteiger charge is 2.25. The molecule has 0 radical (unpaired) electrons. The number of unbranched alkanes of at least 4 members (excludes halogenated alkanes) is 1. The molecule has 1 aromatic heterocycles. The molecular formula is C18H32ClN5O4. The number of aromatic nitrogens is 2. The monoisotopic (exact) mass is 417 g/mol. The quantitative estimate of drug-likeness (QED) is 0.478. The van der Waals surface area contributed by atoms with Crippen LogP contribution in [0.25, 0.3) is 0 Å². The molecule has 0 bridgehead atoms. The number of ether oxygens (including phenoxy) is 1. The van der Waals surface area contributed by atoms with Gasteiger partial charge in [-0.1, -0.05) is 27.2 Å². The molecule has 1 saturated heterocycles. The van der Waals surface area contributed by atoms with Crippen molar-refractivity contribution in [3.63, 3.8) is 0 Å². The van der Waals surface area contributed by atoms with Crippen LogP contribution in [-0.4, -0.2) is 47.8 Å². The highest BCUT2D eigenvalue weighted by atomic mass is 35.5. The summed E-state index contributed by atoms with van der Waals surface area (Å²) in [4.78, 5) is 39.7. The van der Waals surface area contributed by atoms with Gasteiger partial charge in [-0.2, -0.15) is 0 Å². The highest BCUT2D eigenvalue weighted by Crippen LogP contribution is 2.17. The van der Waals surface area contributed by atoms with Crippen molar-refractivity contribution >= 4 is 29.8 Å². The van der Waals surface area contributed by atoms with E-state index < -0.39 is 17.4 Å². The first-order chi connectivity index (χ1) is 12.9. The maximum Gasteiger partial charge on any atom is 0.330 e. The number of rotatable bonds is 9. The van der Waals surface area contributed by atoms with Crippen molar-refractivity contribution in [1.29, 1.82) is 0 Å². The van der Waals surface area contributed by atoms with Crippen LogP contribution in [0.3, 0.4) is 0 Å². The first-order valence-electron chi connectivity index (χ1n) is 9.68. The predicted molar refractivity (Wildman–Crippen MR) is 113 cm³/mol. The first-order valence-corrected chi connectivity index (χ1v) is 9.68. The molecule has 1 aromatic rings. The van der Waals surface area contributed by atoms with E-state index in [1.807, 2.05) is 6.92 Å². The van der Waals surface area contributed by atoms with E-state index in [9.17, 15) is 14.4 Å². The van der Waals surface area contributed by atoms with E-state index in [2.05, 4.69) is 34.8 Å². The standard InChI is InChI=1S/C18H31N5O4.ClH/c1-4-5-9-23-15(21-16(24)13-11-19-8-10-27-13)14(17(25)22-18(23)26)20-7-6-12(2)3;/h12-13,19-20H,4-11H2,1-3H3,(H,21,24)(H,22,25,26);1H. The van der Waals surface area contributed by atoms with Gasteiger partial charge in [0.1, 0.15) is 17.6 Å². The summed E-state index contributed by atoms with van der Waals surface area (Å²) in [6.07, 6.45) is 1.83. The molecule has 0 saturated carbocycles. The van der Waals surface area contributed by atoms with Gasteiger partial charge in [0.25, 0.3) is 11.5 Å². The van der Waals surface area contributed by atoms with E-state index in [0.29, 0.717) is 38.7 Å². The van der Waals surface area contributed by atoms with Crippen molar-refractivity contribution in [2.45, 2.75) is 52.7 Å². The number of nitrogens with one attached hydrogen (secondary N) is 4. The lowest BCUT2D eigenvalue weighted by molar-refractivity contribution is -0.128. The predicted octanol–water partition coefficient (Wildman–Crippen LogP) is 1.14. The van der Waals surface area contributed by atoms with Crippen molar-refractivity contribution in [3.8, 4) is 0 Å². The van der Waals surface area contributed by atoms with Crippen LogP contribution in [-0.2, 0) is 16.1 Å². The van der Waals surface area contributed by atoms with Crippen LogP contribution in [0, 0.1) is 5.92 Å². The molecule has 0 spiro atoms. The molecule has 1 aliphatic rings. The van der Waals surface area contributed by atoms with Gasteiger partial charge in [0, 0.05) is 26.2 Å². The molecule has 2 rings (SSSR count). The largest absolute Gasteiger partial charge is 0.378 e. The number of carbonyl (C=O) groups is 1. The topological polar surface area (TPSA) is 117 Å². The number of carbonyl (C=O) groups excluding carboxylic acids is 1. The zero-order valence-corrected chi connectivity index (χ0v) is 17.6. The molecule has 28 heavy (non-hydrogen) atoms. The van der Waals surface area contributed by atoms with Crippen LogP contribution >= 0.6 is 12.4 Å². The van der Waals surface area contributed by atoms with Crippen LogP contribution < -0.4 is 27.2 Å². The number of H-pyrrole nitrogens is 1. The minimum Gasteiger partial charge on any atom is -0.378 e. The number of hydrogen-bond donors (Lipinski definition) is 4. The molecular weight excluding hydrogens is 386 g/mol. The summed E-state index contributed by atoms with van der Waals surface area (Å²) in [5, 5.41) is 8.94. The van der Waals surface area contributed by atoms with Crippen LogP contribution in [0.1, 0.15) is 40.0 Å². The third-order valence-electron chi connectivity index (χ3n) is 4.42. The second kappa shape index (κ2) is 11.9. The lowest BCUT2D eigenvalue weighted by Gasteiger charge is -2.24. The normalized spacial score (nSPS) is 16.5. The highest BCUT2D eigenvalue weighted by molar-refractivity contribution is 5.96. The van der Waals surface area contributed by atoms with Crippen molar-refractivity contribution in [2.75, 3.05) is 36.9 Å². The minimum absolute atomic E-state index is 0. The van der Waals surface area contributed by atoms with Crippen molar-refractivity contribution < 1.29 is 9.53 Å². The Kier molecular flexibility index (Phi) is 10.3. The van der Waals surface area contributed by atoms with Crippen LogP contribution in [0.15, 0.2) is 9.59 Å². The number of anilines is 2. The molecule has 160 valence electrons. The minimum atomic E-state index is -0.656. The second-order valence-corrected chi connectivity index (χ2v) is 7.15. The summed E-state index contributed by atoms with van der Waals surface area (Å²) >= 11 is 0. The Morgan fingerprint density at radius 2 is 2.11 bits per heavy atom. The van der Waals surface area contributed by atoms with E-state index in [0.717, 1.165) is 19.3 Å². The maximum atomic E-state index is 12.6. The smallest absolute Gasteiger partial charge is 0.330 e. The number of amides is 1. The number of halogens is 1. The van der Waals surface area contributed by atoms with Crippen LogP contribution in [0.5, 0.6) is 0 Å². The SMILES string of the molecule is CCCCn1c(NC(=O)C2CNCCO2)c(NCCC(C)C)c(=O)[nH]c1=O.Cl. The lowest BCUT2D eigenvalue weighted by Crippen LogP contribution is -2.46. The van der Waals surface area contributed by atoms with Crippen molar-refractivity contribution in [2.24, 2.45) is 5.92 Å². The Balaban J connectivity index is 0.00000392. The second-order valence-electron chi connectivity index (χ2n) is 7.15. The van der Waals surface area contributed by atoms with E-state index in [4.69, 9.17) is 4.74 Å². The summed E-state index contributed by atoms with van der Waals surface area (Å²) in [7, 11) is 0. The third kappa shape index (κ3) is 6.65. The molecule has 1 atom stereocenters. The number of hydrogen-bond acceptors (Lipinski definition) is 6. The van der Waals surface area contributed by atoms with Gasteiger partial charge < -0.3 is 20.7 Å². The van der Waals surface area contributed by atoms with E-state index in [1.54, 1.807) is 0 Å². The molecule has 0 aromatic carbocycles. The Labute approximate surface area is 171 Å². The van der Waals surface area contributed by atoms with Gasteiger partial charge in [-0.15, -0.1) is 12.4 Å². The van der Waals surface area contributed by atoms with Gasteiger partial charge in [-0.3, -0.25) is 19.1 Å². The summed E-state index contributed by atoms with van der Waals surface area (Å²) in [5.74, 6) is 0.298. The molecule has 1 aliphatic heterocycles. The van der Waals surface area contributed by atoms with Crippen molar-refractivity contribution in [1.82, 2.24) is 14.9 Å². The van der Waals surface area contributed by atoms with Gasteiger partial charge in [-0.05, 0) is 18.8 Å². The summed E-state index contributed by atoms with van der Waals surface area (Å²) in [6, 6.07) is 0. The fourth-order valence-corrected chi connectivity index (χ4v) is 2.81. The van der Waals surface area contributed by atoms with Crippen LogP contribution in [0.2, 0.25) is 0 Å². The molecule has 1 fully saturated rings. The lowest BCUT2D eigenvalue weighted by atomic mass is 10.1. The third-order valence-corrected chi connectivity index (χ3v) is 4.42. The molecule has 2 heterocycles. The van der Waals surface area contributed by atoms with E-state index in [1.165, 1.54) is 4.57 Å². The van der Waals surface area contributed by atoms with Gasteiger partial charge in [0.05, 0.1) is 6.61 Å². The molecule has 0 aliphatic carbocycles. The Hall–Kier alpha value is -1.84. The molecule has 10 heteroatoms. The fraction of sp³-hybridized carbons (Fsp3) is 0.722. The zero-order valence-electron chi connectivity index (χ0n) is 16.8. The summed E-state index contributed by atoms with van der Waals surface area (Å²) < 4.78 is 6.89. The number of aromatic amines is 1. The summed E-state index contributed by atoms with van der Waals surface area (Å²) in [5.41, 5.74) is -0.848. The van der Waals surface area contributed by atoms with Crippen molar-refractivity contribution in [3.05, 3.63) is 20.8 Å². The Morgan fingerprint density at radius 3 is 2.71 bits per heavy atom. The maximum absolute atomic E-state index is 12.6. The average molecular weight is 418 g/mol.